The van der Waals surface area contributed by atoms with E-state index in [9.17, 15) is 9.59 Å². The Morgan fingerprint density at radius 1 is 0.905 bits per heavy atom. The number of nitrogens with one attached hydrogen (secondary N) is 1. The van der Waals surface area contributed by atoms with Crippen molar-refractivity contribution < 1.29 is 28.5 Å². The van der Waals surface area contributed by atoms with E-state index in [1.165, 1.54) is 0 Å². The van der Waals surface area contributed by atoms with Gasteiger partial charge in [-0.1, -0.05) is 12.1 Å². The number of hydrogen-bond donors (Lipinski definition) is 1. The molecule has 2 fully saturated rings. The van der Waals surface area contributed by atoms with E-state index in [2.05, 4.69) is 24.1 Å². The van der Waals surface area contributed by atoms with Crippen molar-refractivity contribution in [1.82, 2.24) is 15.1 Å². The summed E-state index contributed by atoms with van der Waals surface area (Å²) in [5, 5.41) is 3.53. The van der Waals surface area contributed by atoms with Crippen LogP contribution in [0.4, 0.5) is 0 Å². The normalized spacial score (nSPS) is 18.1. The summed E-state index contributed by atoms with van der Waals surface area (Å²) >= 11 is 0. The van der Waals surface area contributed by atoms with Crippen LogP contribution in [0.15, 0.2) is 42.5 Å². The van der Waals surface area contributed by atoms with Crippen LogP contribution in [0.1, 0.15) is 49.0 Å². The molecule has 9 nitrogen and oxygen atoms in total. The van der Waals surface area contributed by atoms with Gasteiger partial charge < -0.3 is 34.1 Å². The highest BCUT2D eigenvalue weighted by molar-refractivity contribution is 5.95. The molecule has 1 aliphatic carbocycles. The molecule has 1 aliphatic heterocycles. The van der Waals surface area contributed by atoms with Crippen LogP contribution in [0.3, 0.4) is 0 Å². The number of methoxy groups -OCH3 is 3. The van der Waals surface area contributed by atoms with Crippen molar-refractivity contribution in [2.24, 2.45) is 11.8 Å². The first kappa shape index (κ1) is 31.6. The van der Waals surface area contributed by atoms with Gasteiger partial charge in [0, 0.05) is 64.0 Å². The third kappa shape index (κ3) is 8.38. The standard InChI is InChI=1S/C33H47N3O6/c1-23(2)35(33(38)25-9-14-30(41-5)31(18-25)42-16-6-15-39-3)21-26-19-34-20-27(26)22-36(28-10-11-28)32(37)17-24-7-12-29(40-4)13-8-24/h7-9,12-14,18,23,26-28,34H,6,10-11,15-17,19-22H2,1-5H3/t26-,27+/m0/s1. The van der Waals surface area contributed by atoms with Crippen LogP contribution < -0.4 is 19.5 Å². The Balaban J connectivity index is 1.42. The molecule has 0 radical (unpaired) electrons. The molecule has 0 unspecified atom stereocenters. The minimum Gasteiger partial charge on any atom is -0.497 e. The van der Waals surface area contributed by atoms with E-state index in [4.69, 9.17) is 18.9 Å². The van der Waals surface area contributed by atoms with Crippen LogP contribution >= 0.6 is 0 Å². The summed E-state index contributed by atoms with van der Waals surface area (Å²) in [5.41, 5.74) is 1.56. The van der Waals surface area contributed by atoms with Crippen molar-refractivity contribution in [3.63, 3.8) is 0 Å². The van der Waals surface area contributed by atoms with Crippen molar-refractivity contribution in [3.05, 3.63) is 53.6 Å². The van der Waals surface area contributed by atoms with E-state index >= 15 is 0 Å². The van der Waals surface area contributed by atoms with Crippen molar-refractivity contribution in [3.8, 4) is 17.2 Å². The lowest BCUT2D eigenvalue weighted by Gasteiger charge is -2.34. The minimum atomic E-state index is -0.0327. The maximum Gasteiger partial charge on any atom is 0.254 e. The number of rotatable bonds is 16. The zero-order valence-corrected chi connectivity index (χ0v) is 25.8. The van der Waals surface area contributed by atoms with Crippen LogP contribution in [0.2, 0.25) is 0 Å². The van der Waals surface area contributed by atoms with Gasteiger partial charge in [-0.2, -0.15) is 0 Å². The molecule has 1 saturated heterocycles. The third-order valence-electron chi connectivity index (χ3n) is 8.21. The van der Waals surface area contributed by atoms with Gasteiger partial charge in [-0.15, -0.1) is 0 Å². The molecule has 1 N–H and O–H groups in total. The second kappa shape index (κ2) is 15.3. The number of benzene rings is 2. The molecule has 42 heavy (non-hydrogen) atoms. The van der Waals surface area contributed by atoms with Gasteiger partial charge >= 0.3 is 0 Å². The monoisotopic (exact) mass is 581 g/mol. The molecule has 2 aromatic rings. The summed E-state index contributed by atoms with van der Waals surface area (Å²) in [6.45, 7) is 8.17. The molecule has 230 valence electrons. The molecule has 1 saturated carbocycles. The van der Waals surface area contributed by atoms with Crippen LogP contribution in [0.25, 0.3) is 0 Å². The van der Waals surface area contributed by atoms with Crippen molar-refractivity contribution in [2.45, 2.75) is 51.6 Å². The van der Waals surface area contributed by atoms with Gasteiger partial charge in [-0.05, 0) is 74.4 Å². The molecule has 2 atom stereocenters. The SMILES string of the molecule is COCCCOc1cc(C(=O)N(C[C@@H]2CNC[C@@H]2CN(C(=O)Cc2ccc(OC)cc2)C2CC2)C(C)C)ccc1OC. The van der Waals surface area contributed by atoms with E-state index in [1.54, 1.807) is 39.5 Å². The Kier molecular flexibility index (Phi) is 11.5. The Bertz CT molecular complexity index is 1170. The molecule has 2 aliphatic rings. The predicted octanol–water partition coefficient (Wildman–Crippen LogP) is 4.04. The number of carbonyl (C=O) groups excluding carboxylic acids is 2. The third-order valence-corrected chi connectivity index (χ3v) is 8.21. The van der Waals surface area contributed by atoms with Gasteiger partial charge in [0.25, 0.3) is 5.91 Å². The zero-order valence-electron chi connectivity index (χ0n) is 25.8. The summed E-state index contributed by atoms with van der Waals surface area (Å²) < 4.78 is 21.8. The Morgan fingerprint density at radius 3 is 2.24 bits per heavy atom. The summed E-state index contributed by atoms with van der Waals surface area (Å²) in [5.74, 6) is 2.59. The van der Waals surface area contributed by atoms with Gasteiger partial charge in [-0.25, -0.2) is 0 Å². The molecular formula is C33H47N3O6. The highest BCUT2D eigenvalue weighted by atomic mass is 16.5. The summed E-state index contributed by atoms with van der Waals surface area (Å²) in [4.78, 5) is 31.3. The molecule has 2 aromatic carbocycles. The smallest absolute Gasteiger partial charge is 0.254 e. The highest BCUT2D eigenvalue weighted by Gasteiger charge is 2.38. The first-order valence-electron chi connectivity index (χ1n) is 15.1. The lowest BCUT2D eigenvalue weighted by molar-refractivity contribution is -0.131. The fourth-order valence-electron chi connectivity index (χ4n) is 5.58. The van der Waals surface area contributed by atoms with Crippen LogP contribution in [0, 0.1) is 11.8 Å². The van der Waals surface area contributed by atoms with Crippen molar-refractivity contribution in [2.75, 3.05) is 60.7 Å². The van der Waals surface area contributed by atoms with Crippen LogP contribution in [-0.4, -0.2) is 94.4 Å². The van der Waals surface area contributed by atoms with Gasteiger partial charge in [0.15, 0.2) is 11.5 Å². The van der Waals surface area contributed by atoms with E-state index in [0.717, 1.165) is 43.7 Å². The number of carbonyl (C=O) groups is 2. The Morgan fingerprint density at radius 2 is 1.62 bits per heavy atom. The van der Waals surface area contributed by atoms with Gasteiger partial charge in [0.2, 0.25) is 5.91 Å². The maximum absolute atomic E-state index is 13.8. The molecule has 0 spiro atoms. The molecule has 4 rings (SSSR count). The van der Waals surface area contributed by atoms with Crippen molar-refractivity contribution in [1.29, 1.82) is 0 Å². The second-order valence-electron chi connectivity index (χ2n) is 11.6. The molecule has 1 heterocycles. The molecule has 0 aromatic heterocycles. The average molecular weight is 582 g/mol. The van der Waals surface area contributed by atoms with E-state index < -0.39 is 0 Å². The topological polar surface area (TPSA) is 89.6 Å². The molecular weight excluding hydrogens is 534 g/mol. The molecule has 2 amide bonds. The predicted molar refractivity (Wildman–Crippen MR) is 162 cm³/mol. The summed E-state index contributed by atoms with van der Waals surface area (Å²) in [7, 11) is 4.90. The maximum atomic E-state index is 13.8. The Hall–Kier alpha value is -3.30. The van der Waals surface area contributed by atoms with Crippen molar-refractivity contribution >= 4 is 11.8 Å². The van der Waals surface area contributed by atoms with E-state index in [-0.39, 0.29) is 29.7 Å². The first-order valence-corrected chi connectivity index (χ1v) is 15.1. The fourth-order valence-corrected chi connectivity index (χ4v) is 5.58. The van der Waals surface area contributed by atoms with E-state index in [0.29, 0.717) is 55.8 Å². The lowest BCUT2D eigenvalue weighted by Crippen LogP contribution is -2.45. The lowest BCUT2D eigenvalue weighted by atomic mass is 9.93. The van der Waals surface area contributed by atoms with E-state index in [1.807, 2.05) is 29.2 Å². The number of amides is 2. The zero-order chi connectivity index (χ0) is 30.1. The second-order valence-corrected chi connectivity index (χ2v) is 11.6. The minimum absolute atomic E-state index is 0.0168. The fraction of sp³-hybridized carbons (Fsp3) is 0.576. The summed E-state index contributed by atoms with van der Waals surface area (Å²) in [6, 6.07) is 13.4. The molecule has 0 bridgehead atoms. The highest BCUT2D eigenvalue weighted by Crippen LogP contribution is 2.32. The molecule has 9 heteroatoms. The number of ether oxygens (including phenoxy) is 4. The summed E-state index contributed by atoms with van der Waals surface area (Å²) in [6.07, 6.45) is 3.24. The van der Waals surface area contributed by atoms with Gasteiger partial charge in [0.1, 0.15) is 5.75 Å². The van der Waals surface area contributed by atoms with Gasteiger partial charge in [-0.3, -0.25) is 9.59 Å². The first-order chi connectivity index (χ1) is 20.3. The van der Waals surface area contributed by atoms with Gasteiger partial charge in [0.05, 0.1) is 27.2 Å². The van der Waals surface area contributed by atoms with Crippen LogP contribution in [0.5, 0.6) is 17.2 Å². The largest absolute Gasteiger partial charge is 0.497 e. The average Bonchev–Trinajstić information content (AvgIpc) is 3.74. The van der Waals surface area contributed by atoms with Crippen LogP contribution in [-0.2, 0) is 16.0 Å². The quantitative estimate of drug-likeness (QED) is 0.299. The number of hydrogen-bond acceptors (Lipinski definition) is 7. The number of nitrogens with zero attached hydrogens (tertiary/aromatic N) is 2. The Labute approximate surface area is 250 Å².